The van der Waals surface area contributed by atoms with E-state index in [0.717, 1.165) is 18.7 Å². The SMILES string of the molecule is COC(=O)c1ccccc1CN1CCC(=O)C(C)C1. The van der Waals surface area contributed by atoms with Gasteiger partial charge in [0.05, 0.1) is 12.7 Å². The maximum Gasteiger partial charge on any atom is 0.338 e. The summed E-state index contributed by atoms with van der Waals surface area (Å²) in [7, 11) is 1.39. The van der Waals surface area contributed by atoms with Crippen molar-refractivity contribution in [3.63, 3.8) is 0 Å². The molecule has 1 aliphatic heterocycles. The zero-order valence-corrected chi connectivity index (χ0v) is 11.4. The third-order valence-corrected chi connectivity index (χ3v) is 3.57. The molecule has 1 atom stereocenters. The van der Waals surface area contributed by atoms with E-state index < -0.39 is 0 Å². The van der Waals surface area contributed by atoms with Crippen LogP contribution in [0.5, 0.6) is 0 Å². The van der Waals surface area contributed by atoms with Gasteiger partial charge < -0.3 is 4.74 Å². The number of methoxy groups -OCH3 is 1. The zero-order chi connectivity index (χ0) is 13.8. The number of ketones is 1. The summed E-state index contributed by atoms with van der Waals surface area (Å²) in [4.78, 5) is 25.4. The fraction of sp³-hybridized carbons (Fsp3) is 0.467. The number of carbonyl (C=O) groups is 2. The second-order valence-electron chi connectivity index (χ2n) is 5.00. The lowest BCUT2D eigenvalue weighted by molar-refractivity contribution is -0.125. The average Bonchev–Trinajstić information content (AvgIpc) is 2.43. The number of carbonyl (C=O) groups excluding carboxylic acids is 2. The third kappa shape index (κ3) is 3.20. The van der Waals surface area contributed by atoms with Crippen LogP contribution in [0.4, 0.5) is 0 Å². The zero-order valence-electron chi connectivity index (χ0n) is 11.4. The minimum absolute atomic E-state index is 0.0824. The van der Waals surface area contributed by atoms with E-state index in [1.165, 1.54) is 7.11 Å². The Labute approximate surface area is 113 Å². The van der Waals surface area contributed by atoms with Gasteiger partial charge in [0.15, 0.2) is 0 Å². The number of ether oxygens (including phenoxy) is 1. The summed E-state index contributed by atoms with van der Waals surface area (Å²) < 4.78 is 4.79. The van der Waals surface area contributed by atoms with Crippen LogP contribution in [0.3, 0.4) is 0 Å². The van der Waals surface area contributed by atoms with Crippen molar-refractivity contribution >= 4 is 11.8 Å². The van der Waals surface area contributed by atoms with Crippen LogP contribution in [0.1, 0.15) is 29.3 Å². The molecule has 4 heteroatoms. The van der Waals surface area contributed by atoms with E-state index in [1.807, 2.05) is 25.1 Å². The van der Waals surface area contributed by atoms with Crippen molar-refractivity contribution in [3.05, 3.63) is 35.4 Å². The highest BCUT2D eigenvalue weighted by atomic mass is 16.5. The smallest absolute Gasteiger partial charge is 0.338 e. The maximum atomic E-state index is 11.7. The summed E-state index contributed by atoms with van der Waals surface area (Å²) in [5.74, 6) is 0.105. The van der Waals surface area contributed by atoms with E-state index in [0.29, 0.717) is 24.3 Å². The quantitative estimate of drug-likeness (QED) is 0.779. The maximum absolute atomic E-state index is 11.7. The molecule has 0 radical (unpaired) electrons. The highest BCUT2D eigenvalue weighted by Gasteiger charge is 2.24. The van der Waals surface area contributed by atoms with Gasteiger partial charge in [-0.1, -0.05) is 25.1 Å². The molecule has 102 valence electrons. The van der Waals surface area contributed by atoms with Crippen molar-refractivity contribution in [1.29, 1.82) is 0 Å². The second kappa shape index (κ2) is 5.97. The van der Waals surface area contributed by atoms with Crippen LogP contribution in [-0.2, 0) is 16.1 Å². The first kappa shape index (κ1) is 13.7. The Morgan fingerprint density at radius 2 is 2.16 bits per heavy atom. The van der Waals surface area contributed by atoms with E-state index in [1.54, 1.807) is 6.07 Å². The molecule has 1 unspecified atom stereocenters. The van der Waals surface area contributed by atoms with Crippen molar-refractivity contribution in [2.75, 3.05) is 20.2 Å². The summed E-state index contributed by atoms with van der Waals surface area (Å²) in [5, 5.41) is 0. The number of esters is 1. The number of hydrogen-bond donors (Lipinski definition) is 0. The first-order valence-corrected chi connectivity index (χ1v) is 6.53. The second-order valence-corrected chi connectivity index (χ2v) is 5.00. The molecule has 0 aliphatic carbocycles. The van der Waals surface area contributed by atoms with Crippen LogP contribution < -0.4 is 0 Å². The molecule has 0 bridgehead atoms. The molecule has 1 saturated heterocycles. The van der Waals surface area contributed by atoms with Gasteiger partial charge in [0.1, 0.15) is 5.78 Å². The van der Waals surface area contributed by atoms with Crippen molar-refractivity contribution in [1.82, 2.24) is 4.90 Å². The lowest BCUT2D eigenvalue weighted by Gasteiger charge is -2.30. The van der Waals surface area contributed by atoms with Crippen LogP contribution in [0.25, 0.3) is 0 Å². The average molecular weight is 261 g/mol. The summed E-state index contributed by atoms with van der Waals surface area (Å²) in [6.07, 6.45) is 0.599. The number of likely N-dealkylation sites (tertiary alicyclic amines) is 1. The first-order chi connectivity index (χ1) is 9.11. The summed E-state index contributed by atoms with van der Waals surface area (Å²) in [6.45, 7) is 4.16. The van der Waals surface area contributed by atoms with Crippen molar-refractivity contribution in [3.8, 4) is 0 Å². The summed E-state index contributed by atoms with van der Waals surface area (Å²) >= 11 is 0. The lowest BCUT2D eigenvalue weighted by atomic mass is 9.97. The number of rotatable bonds is 3. The number of piperidine rings is 1. The Hall–Kier alpha value is -1.68. The van der Waals surface area contributed by atoms with Crippen molar-refractivity contribution in [2.45, 2.75) is 19.9 Å². The van der Waals surface area contributed by atoms with Gasteiger partial charge in [-0.25, -0.2) is 4.79 Å². The highest BCUT2D eigenvalue weighted by Crippen LogP contribution is 2.18. The van der Waals surface area contributed by atoms with Gasteiger partial charge in [0.2, 0.25) is 0 Å². The third-order valence-electron chi connectivity index (χ3n) is 3.57. The van der Waals surface area contributed by atoms with E-state index >= 15 is 0 Å². The Balaban J connectivity index is 2.11. The molecule has 1 aromatic carbocycles. The van der Waals surface area contributed by atoms with E-state index in [-0.39, 0.29) is 11.9 Å². The molecule has 0 N–H and O–H groups in total. The minimum Gasteiger partial charge on any atom is -0.465 e. The number of Topliss-reactive ketones (excluding diaryl/α,β-unsaturated/α-hetero) is 1. The van der Waals surface area contributed by atoms with Gasteiger partial charge in [0.25, 0.3) is 0 Å². The highest BCUT2D eigenvalue weighted by molar-refractivity contribution is 5.91. The predicted octanol–water partition coefficient (Wildman–Crippen LogP) is 1.88. The Bertz CT molecular complexity index is 484. The van der Waals surface area contributed by atoms with Gasteiger partial charge in [-0.15, -0.1) is 0 Å². The predicted molar refractivity (Wildman–Crippen MR) is 71.8 cm³/mol. The molecule has 1 aliphatic rings. The van der Waals surface area contributed by atoms with E-state index in [9.17, 15) is 9.59 Å². The Morgan fingerprint density at radius 1 is 1.42 bits per heavy atom. The van der Waals surface area contributed by atoms with Crippen LogP contribution in [-0.4, -0.2) is 36.9 Å². The minimum atomic E-state index is -0.309. The van der Waals surface area contributed by atoms with Crippen LogP contribution in [0, 0.1) is 5.92 Å². The normalized spacial score (nSPS) is 20.3. The number of nitrogens with zero attached hydrogens (tertiary/aromatic N) is 1. The van der Waals surface area contributed by atoms with Crippen LogP contribution in [0.15, 0.2) is 24.3 Å². The molecule has 0 saturated carbocycles. The molecule has 1 heterocycles. The standard InChI is InChI=1S/C15H19NO3/c1-11-9-16(8-7-14(11)17)10-12-5-3-4-6-13(12)15(18)19-2/h3-6,11H,7-10H2,1-2H3. The molecule has 0 amide bonds. The molecular formula is C15H19NO3. The molecule has 1 fully saturated rings. The van der Waals surface area contributed by atoms with Gasteiger partial charge in [-0.3, -0.25) is 9.69 Å². The Morgan fingerprint density at radius 3 is 2.84 bits per heavy atom. The van der Waals surface area contributed by atoms with Crippen LogP contribution in [0.2, 0.25) is 0 Å². The topological polar surface area (TPSA) is 46.6 Å². The molecule has 19 heavy (non-hydrogen) atoms. The molecule has 4 nitrogen and oxygen atoms in total. The van der Waals surface area contributed by atoms with Gasteiger partial charge >= 0.3 is 5.97 Å². The lowest BCUT2D eigenvalue weighted by Crippen LogP contribution is -2.39. The van der Waals surface area contributed by atoms with Crippen LogP contribution >= 0.6 is 0 Å². The summed E-state index contributed by atoms with van der Waals surface area (Å²) in [5.41, 5.74) is 1.56. The molecule has 1 aromatic rings. The fourth-order valence-electron chi connectivity index (χ4n) is 2.45. The number of benzene rings is 1. The van der Waals surface area contributed by atoms with Gasteiger partial charge in [-0.2, -0.15) is 0 Å². The van der Waals surface area contributed by atoms with E-state index in [2.05, 4.69) is 4.90 Å². The summed E-state index contributed by atoms with van der Waals surface area (Å²) in [6, 6.07) is 7.46. The first-order valence-electron chi connectivity index (χ1n) is 6.53. The van der Waals surface area contributed by atoms with E-state index in [4.69, 9.17) is 4.74 Å². The monoisotopic (exact) mass is 261 g/mol. The van der Waals surface area contributed by atoms with Gasteiger partial charge in [-0.05, 0) is 11.6 Å². The molecular weight excluding hydrogens is 242 g/mol. The molecule has 0 spiro atoms. The van der Waals surface area contributed by atoms with Crippen molar-refractivity contribution in [2.24, 2.45) is 5.92 Å². The number of hydrogen-bond acceptors (Lipinski definition) is 4. The molecule has 0 aromatic heterocycles. The largest absolute Gasteiger partial charge is 0.465 e. The molecule has 2 rings (SSSR count). The van der Waals surface area contributed by atoms with Crippen molar-refractivity contribution < 1.29 is 14.3 Å². The Kier molecular flexibility index (Phi) is 4.32. The fourth-order valence-corrected chi connectivity index (χ4v) is 2.45. The van der Waals surface area contributed by atoms with Gasteiger partial charge in [0, 0.05) is 32.0 Å².